The van der Waals surface area contributed by atoms with Crippen LogP contribution in [0.1, 0.15) is 51.5 Å². The first-order valence-corrected chi connectivity index (χ1v) is 8.36. The van der Waals surface area contributed by atoms with Crippen LogP contribution < -0.4 is 9.47 Å². The van der Waals surface area contributed by atoms with E-state index in [9.17, 15) is 4.79 Å². The first-order chi connectivity index (χ1) is 11.6. The molecule has 0 aliphatic carbocycles. The van der Waals surface area contributed by atoms with E-state index in [-0.39, 0.29) is 0 Å². The number of carbonyl (C=O) groups excluding carboxylic acids is 1. The molecule has 0 amide bonds. The predicted octanol–water partition coefficient (Wildman–Crippen LogP) is 5.29. The van der Waals surface area contributed by atoms with Crippen LogP contribution in [-0.4, -0.2) is 19.0 Å². The summed E-state index contributed by atoms with van der Waals surface area (Å²) in [5, 5.41) is 3.94. The molecule has 0 aliphatic heterocycles. The second-order valence-corrected chi connectivity index (χ2v) is 5.43. The minimum atomic E-state index is -0.866. The van der Waals surface area contributed by atoms with Crippen LogP contribution in [0.5, 0.6) is 11.5 Å². The molecule has 132 valence electrons. The number of carbonyl (C=O) groups is 1. The van der Waals surface area contributed by atoms with Crippen molar-refractivity contribution in [3.05, 3.63) is 36.4 Å². The summed E-state index contributed by atoms with van der Waals surface area (Å²) in [6.07, 6.45) is 6.34. The van der Waals surface area contributed by atoms with Gasteiger partial charge in [0.25, 0.3) is 0 Å². The molecule has 0 aliphatic rings. The lowest BCUT2D eigenvalue weighted by Crippen LogP contribution is -2.10. The standard InChI is InChI=1S/C19H27NO4/c1-5-8-11-16(10-7-3)20-24-19(21)23-17-13-12-15(9-6-2)14-18(17)22-4/h6,12-14H,2,5,7-11H2,1,3-4H3. The van der Waals surface area contributed by atoms with Crippen LogP contribution in [0.2, 0.25) is 0 Å². The number of rotatable bonds is 10. The minimum Gasteiger partial charge on any atom is -0.493 e. The fraction of sp³-hybridized carbons (Fsp3) is 0.474. The normalized spacial score (nSPS) is 11.0. The van der Waals surface area contributed by atoms with Crippen LogP contribution >= 0.6 is 0 Å². The second-order valence-electron chi connectivity index (χ2n) is 5.43. The average Bonchev–Trinajstić information content (AvgIpc) is 2.59. The number of ether oxygens (including phenoxy) is 2. The first kappa shape index (κ1) is 19.7. The number of benzene rings is 1. The largest absolute Gasteiger partial charge is 0.540 e. The number of oxime groups is 1. The van der Waals surface area contributed by atoms with Crippen molar-refractivity contribution in [2.24, 2.45) is 5.16 Å². The molecule has 0 bridgehead atoms. The number of nitrogens with zero attached hydrogens (tertiary/aromatic N) is 1. The van der Waals surface area contributed by atoms with Crippen molar-refractivity contribution in [3.8, 4) is 11.5 Å². The third-order valence-corrected chi connectivity index (χ3v) is 3.41. The molecule has 5 heteroatoms. The molecule has 1 rings (SSSR count). The summed E-state index contributed by atoms with van der Waals surface area (Å²) in [5.74, 6) is 0.770. The van der Waals surface area contributed by atoms with Crippen molar-refractivity contribution in [3.63, 3.8) is 0 Å². The molecule has 0 saturated heterocycles. The highest BCUT2D eigenvalue weighted by Crippen LogP contribution is 2.28. The fourth-order valence-corrected chi connectivity index (χ4v) is 2.19. The van der Waals surface area contributed by atoms with Gasteiger partial charge in [0, 0.05) is 0 Å². The number of hydrogen-bond acceptors (Lipinski definition) is 5. The molecule has 0 spiro atoms. The number of methoxy groups -OCH3 is 1. The smallest absolute Gasteiger partial charge is 0.493 e. The van der Waals surface area contributed by atoms with E-state index in [2.05, 4.69) is 25.6 Å². The van der Waals surface area contributed by atoms with E-state index in [1.807, 2.05) is 6.07 Å². The molecule has 0 heterocycles. The molecule has 0 fully saturated rings. The number of allylic oxidation sites excluding steroid dienone is 1. The van der Waals surface area contributed by atoms with E-state index in [1.54, 1.807) is 18.2 Å². The average molecular weight is 333 g/mol. The maximum atomic E-state index is 11.9. The SMILES string of the molecule is C=CCc1ccc(OC(=O)ON=C(CCC)CCCC)c(OC)c1. The monoisotopic (exact) mass is 333 g/mol. The summed E-state index contributed by atoms with van der Waals surface area (Å²) in [7, 11) is 1.52. The Bertz CT molecular complexity index is 566. The number of hydrogen-bond donors (Lipinski definition) is 0. The quantitative estimate of drug-likeness (QED) is 0.146. The molecular weight excluding hydrogens is 306 g/mol. The lowest BCUT2D eigenvalue weighted by molar-refractivity contribution is 0.101. The summed E-state index contributed by atoms with van der Waals surface area (Å²) in [5.41, 5.74) is 1.90. The fourth-order valence-electron chi connectivity index (χ4n) is 2.19. The Morgan fingerprint density at radius 3 is 2.62 bits per heavy atom. The van der Waals surface area contributed by atoms with Crippen molar-refractivity contribution in [1.29, 1.82) is 0 Å². The van der Waals surface area contributed by atoms with Crippen LogP contribution in [0.4, 0.5) is 4.79 Å². The first-order valence-electron chi connectivity index (χ1n) is 8.36. The van der Waals surface area contributed by atoms with E-state index in [0.717, 1.165) is 43.4 Å². The summed E-state index contributed by atoms with van der Waals surface area (Å²) in [6, 6.07) is 5.32. The molecule has 1 aromatic carbocycles. The van der Waals surface area contributed by atoms with Crippen molar-refractivity contribution in [2.75, 3.05) is 7.11 Å². The van der Waals surface area contributed by atoms with Crippen LogP contribution in [0.15, 0.2) is 36.0 Å². The molecule has 0 N–H and O–H groups in total. The van der Waals surface area contributed by atoms with E-state index >= 15 is 0 Å². The van der Waals surface area contributed by atoms with Crippen molar-refractivity contribution >= 4 is 11.9 Å². The molecule has 1 aromatic rings. The van der Waals surface area contributed by atoms with Crippen molar-refractivity contribution < 1.29 is 19.1 Å². The zero-order valence-electron chi connectivity index (χ0n) is 14.8. The molecule has 24 heavy (non-hydrogen) atoms. The van der Waals surface area contributed by atoms with Gasteiger partial charge in [0.15, 0.2) is 11.5 Å². The van der Waals surface area contributed by atoms with Gasteiger partial charge >= 0.3 is 6.16 Å². The summed E-state index contributed by atoms with van der Waals surface area (Å²) in [6.45, 7) is 7.88. The molecule has 5 nitrogen and oxygen atoms in total. The highest BCUT2D eigenvalue weighted by atomic mass is 16.8. The minimum absolute atomic E-state index is 0.302. The molecule has 0 radical (unpaired) electrons. The van der Waals surface area contributed by atoms with Gasteiger partial charge in [-0.2, -0.15) is 0 Å². The Morgan fingerprint density at radius 2 is 2.00 bits per heavy atom. The Labute approximate surface area is 144 Å². The topological polar surface area (TPSA) is 57.1 Å². The molecule has 0 unspecified atom stereocenters. The van der Waals surface area contributed by atoms with Gasteiger partial charge in [-0.05, 0) is 43.4 Å². The maximum absolute atomic E-state index is 11.9. The van der Waals surface area contributed by atoms with E-state index < -0.39 is 6.16 Å². The molecule has 0 atom stereocenters. The summed E-state index contributed by atoms with van der Waals surface area (Å²) in [4.78, 5) is 16.7. The van der Waals surface area contributed by atoms with Crippen molar-refractivity contribution in [1.82, 2.24) is 0 Å². The van der Waals surface area contributed by atoms with E-state index in [4.69, 9.17) is 14.3 Å². The summed E-state index contributed by atoms with van der Waals surface area (Å²) >= 11 is 0. The predicted molar refractivity (Wildman–Crippen MR) is 95.9 cm³/mol. The number of unbranched alkanes of at least 4 members (excludes halogenated alkanes) is 1. The van der Waals surface area contributed by atoms with Crippen molar-refractivity contribution in [2.45, 2.75) is 52.4 Å². The van der Waals surface area contributed by atoms with Gasteiger partial charge in [-0.1, -0.05) is 44.0 Å². The lowest BCUT2D eigenvalue weighted by Gasteiger charge is -2.09. The Hall–Kier alpha value is -2.30. The highest BCUT2D eigenvalue weighted by Gasteiger charge is 2.12. The third-order valence-electron chi connectivity index (χ3n) is 3.41. The maximum Gasteiger partial charge on any atom is 0.540 e. The Kier molecular flexibility index (Phi) is 9.27. The highest BCUT2D eigenvalue weighted by molar-refractivity contribution is 5.84. The van der Waals surface area contributed by atoms with Gasteiger partial charge in [0.05, 0.1) is 12.8 Å². The van der Waals surface area contributed by atoms with Gasteiger partial charge < -0.3 is 9.47 Å². The van der Waals surface area contributed by atoms with Crippen LogP contribution in [-0.2, 0) is 11.3 Å². The zero-order chi connectivity index (χ0) is 17.8. The Morgan fingerprint density at radius 1 is 1.21 bits per heavy atom. The Balaban J connectivity index is 2.70. The van der Waals surface area contributed by atoms with E-state index in [0.29, 0.717) is 17.9 Å². The molecule has 0 aromatic heterocycles. The third kappa shape index (κ3) is 6.86. The zero-order valence-corrected chi connectivity index (χ0v) is 14.8. The van der Waals surface area contributed by atoms with Gasteiger partial charge in [-0.3, -0.25) is 4.84 Å². The molecular formula is C19H27NO4. The van der Waals surface area contributed by atoms with E-state index in [1.165, 1.54) is 7.11 Å². The van der Waals surface area contributed by atoms with Gasteiger partial charge in [0.1, 0.15) is 0 Å². The van der Waals surface area contributed by atoms with Gasteiger partial charge in [-0.15, -0.1) is 6.58 Å². The second kappa shape index (κ2) is 11.3. The van der Waals surface area contributed by atoms with Gasteiger partial charge in [0.2, 0.25) is 0 Å². The lowest BCUT2D eigenvalue weighted by atomic mass is 10.1. The van der Waals surface area contributed by atoms with Gasteiger partial charge in [-0.25, -0.2) is 4.79 Å². The summed E-state index contributed by atoms with van der Waals surface area (Å²) < 4.78 is 10.4. The molecule has 0 saturated carbocycles. The van der Waals surface area contributed by atoms with Crippen LogP contribution in [0, 0.1) is 0 Å². The van der Waals surface area contributed by atoms with Crippen LogP contribution in [0.3, 0.4) is 0 Å². The van der Waals surface area contributed by atoms with Crippen LogP contribution in [0.25, 0.3) is 0 Å².